The number of aromatic nitrogens is 1. The molecule has 1 aromatic rings. The number of hydrogen-bond donors (Lipinski definition) is 2. The Morgan fingerprint density at radius 2 is 2.00 bits per heavy atom. The van der Waals surface area contributed by atoms with Crippen molar-refractivity contribution in [2.75, 3.05) is 5.32 Å². The number of nitrogens with zero attached hydrogens (tertiary/aromatic N) is 2. The Morgan fingerprint density at radius 3 is 2.47 bits per heavy atom. The highest BCUT2D eigenvalue weighted by Crippen LogP contribution is 2.35. The average molecular weight is 267 g/mol. The van der Waals surface area contributed by atoms with E-state index in [0.717, 1.165) is 0 Å². The molecule has 0 spiro atoms. The summed E-state index contributed by atoms with van der Waals surface area (Å²) in [5, 5.41) is 23.0. The fraction of sp³-hybridized carbons (Fsp3) is 0.500. The number of rotatable bonds is 5. The highest BCUT2D eigenvalue weighted by molar-refractivity contribution is 5.76. The van der Waals surface area contributed by atoms with Crippen molar-refractivity contribution in [1.82, 2.24) is 4.98 Å². The molecule has 0 atom stereocenters. The van der Waals surface area contributed by atoms with Crippen LogP contribution in [0.15, 0.2) is 18.3 Å². The predicted octanol–water partition coefficient (Wildman–Crippen LogP) is 2.29. The molecule has 7 nitrogen and oxygen atoms in total. The number of pyridine rings is 1. The molecule has 1 rings (SSSR count). The Labute approximate surface area is 110 Å². The standard InChI is InChI=1S/C12H17N3O4/c1-11(2,10(16)17)12(3,4)14-9-8(15(18)19)6-5-7-13-9/h5-7H,1-4H3,(H,13,14)(H,16,17). The van der Waals surface area contributed by atoms with Gasteiger partial charge in [0.1, 0.15) is 0 Å². The maximum Gasteiger partial charge on any atom is 0.311 e. The molecular formula is C12H17N3O4. The van der Waals surface area contributed by atoms with E-state index in [1.807, 2.05) is 0 Å². The van der Waals surface area contributed by atoms with Crippen LogP contribution in [0.5, 0.6) is 0 Å². The Balaban J connectivity index is 3.15. The summed E-state index contributed by atoms with van der Waals surface area (Å²) in [4.78, 5) is 25.5. The monoisotopic (exact) mass is 267 g/mol. The number of hydrogen-bond acceptors (Lipinski definition) is 5. The first-order valence-electron chi connectivity index (χ1n) is 5.70. The maximum atomic E-state index is 11.3. The number of anilines is 1. The van der Waals surface area contributed by atoms with E-state index in [2.05, 4.69) is 10.3 Å². The average Bonchev–Trinajstić information content (AvgIpc) is 2.28. The van der Waals surface area contributed by atoms with Gasteiger partial charge in [0, 0.05) is 17.8 Å². The van der Waals surface area contributed by atoms with E-state index in [4.69, 9.17) is 0 Å². The minimum absolute atomic E-state index is 0.0619. The summed E-state index contributed by atoms with van der Waals surface area (Å²) < 4.78 is 0. The van der Waals surface area contributed by atoms with Gasteiger partial charge in [-0.05, 0) is 33.8 Å². The minimum Gasteiger partial charge on any atom is -0.481 e. The van der Waals surface area contributed by atoms with Crippen LogP contribution < -0.4 is 5.32 Å². The molecule has 0 saturated heterocycles. The molecule has 0 amide bonds. The second kappa shape index (κ2) is 4.83. The summed E-state index contributed by atoms with van der Waals surface area (Å²) in [7, 11) is 0. The van der Waals surface area contributed by atoms with Crippen LogP contribution in [-0.2, 0) is 4.79 Å². The molecule has 0 saturated carbocycles. The molecule has 0 fully saturated rings. The molecule has 0 unspecified atom stereocenters. The van der Waals surface area contributed by atoms with Gasteiger partial charge in [-0.3, -0.25) is 14.9 Å². The molecule has 0 aliphatic rings. The Bertz CT molecular complexity index is 511. The molecule has 0 radical (unpaired) electrons. The number of nitro groups is 1. The van der Waals surface area contributed by atoms with Gasteiger partial charge in [0.25, 0.3) is 0 Å². The molecule has 1 heterocycles. The smallest absolute Gasteiger partial charge is 0.311 e. The summed E-state index contributed by atoms with van der Waals surface area (Å²) in [6.07, 6.45) is 1.42. The highest BCUT2D eigenvalue weighted by atomic mass is 16.6. The third-order valence-corrected chi connectivity index (χ3v) is 3.51. The first kappa shape index (κ1) is 14.9. The first-order chi connectivity index (χ1) is 8.59. The number of nitrogens with one attached hydrogen (secondary N) is 1. The number of carboxylic acids is 1. The summed E-state index contributed by atoms with van der Waals surface area (Å²) in [5.41, 5.74) is -2.23. The largest absolute Gasteiger partial charge is 0.481 e. The van der Waals surface area contributed by atoms with Crippen LogP contribution in [-0.4, -0.2) is 26.5 Å². The van der Waals surface area contributed by atoms with Crippen molar-refractivity contribution in [1.29, 1.82) is 0 Å². The lowest BCUT2D eigenvalue weighted by Gasteiger charge is -2.38. The third kappa shape index (κ3) is 2.81. The lowest BCUT2D eigenvalue weighted by Crippen LogP contribution is -2.50. The van der Waals surface area contributed by atoms with Crippen LogP contribution in [0.2, 0.25) is 0 Å². The van der Waals surface area contributed by atoms with Gasteiger partial charge >= 0.3 is 11.7 Å². The zero-order valence-corrected chi connectivity index (χ0v) is 11.3. The van der Waals surface area contributed by atoms with E-state index in [-0.39, 0.29) is 11.5 Å². The van der Waals surface area contributed by atoms with Gasteiger partial charge in [-0.1, -0.05) is 0 Å². The van der Waals surface area contributed by atoms with Gasteiger partial charge in [0.15, 0.2) is 0 Å². The van der Waals surface area contributed by atoms with Crippen molar-refractivity contribution in [2.45, 2.75) is 33.2 Å². The van der Waals surface area contributed by atoms with E-state index in [0.29, 0.717) is 0 Å². The lowest BCUT2D eigenvalue weighted by molar-refractivity contribution is -0.384. The lowest BCUT2D eigenvalue weighted by atomic mass is 9.74. The third-order valence-electron chi connectivity index (χ3n) is 3.51. The van der Waals surface area contributed by atoms with Crippen LogP contribution in [0, 0.1) is 15.5 Å². The van der Waals surface area contributed by atoms with E-state index in [9.17, 15) is 20.0 Å². The van der Waals surface area contributed by atoms with Crippen molar-refractivity contribution in [3.8, 4) is 0 Å². The summed E-state index contributed by atoms with van der Waals surface area (Å²) >= 11 is 0. The predicted molar refractivity (Wildman–Crippen MR) is 70.0 cm³/mol. The summed E-state index contributed by atoms with van der Waals surface area (Å²) in [5.74, 6) is -0.935. The quantitative estimate of drug-likeness (QED) is 0.626. The molecule has 1 aromatic heterocycles. The van der Waals surface area contributed by atoms with Gasteiger partial charge in [0.2, 0.25) is 5.82 Å². The molecular weight excluding hydrogens is 250 g/mol. The second-order valence-corrected chi connectivity index (χ2v) is 5.31. The molecule has 0 aliphatic heterocycles. The minimum atomic E-state index is -1.13. The fourth-order valence-electron chi connectivity index (χ4n) is 1.36. The normalized spacial score (nSPS) is 12.0. The van der Waals surface area contributed by atoms with Crippen molar-refractivity contribution in [3.63, 3.8) is 0 Å². The maximum absolute atomic E-state index is 11.3. The molecule has 19 heavy (non-hydrogen) atoms. The van der Waals surface area contributed by atoms with E-state index < -0.39 is 21.8 Å². The van der Waals surface area contributed by atoms with E-state index in [1.54, 1.807) is 27.7 Å². The van der Waals surface area contributed by atoms with Crippen LogP contribution in [0.3, 0.4) is 0 Å². The second-order valence-electron chi connectivity index (χ2n) is 5.31. The zero-order chi connectivity index (χ0) is 14.8. The Kier molecular flexibility index (Phi) is 3.78. The van der Waals surface area contributed by atoms with E-state index in [1.165, 1.54) is 18.3 Å². The summed E-state index contributed by atoms with van der Waals surface area (Å²) in [6, 6.07) is 2.78. The first-order valence-corrected chi connectivity index (χ1v) is 5.70. The van der Waals surface area contributed by atoms with Crippen molar-refractivity contribution in [2.24, 2.45) is 5.41 Å². The topological polar surface area (TPSA) is 105 Å². The Hall–Kier alpha value is -2.18. The van der Waals surface area contributed by atoms with E-state index >= 15 is 0 Å². The van der Waals surface area contributed by atoms with Crippen molar-refractivity contribution in [3.05, 3.63) is 28.4 Å². The van der Waals surface area contributed by atoms with Crippen molar-refractivity contribution >= 4 is 17.5 Å². The summed E-state index contributed by atoms with van der Waals surface area (Å²) in [6.45, 7) is 6.44. The Morgan fingerprint density at radius 1 is 1.42 bits per heavy atom. The van der Waals surface area contributed by atoms with Crippen molar-refractivity contribution < 1.29 is 14.8 Å². The number of carboxylic acid groups (broad SMARTS) is 1. The van der Waals surface area contributed by atoms with Crippen LogP contribution in [0.1, 0.15) is 27.7 Å². The molecule has 104 valence electrons. The van der Waals surface area contributed by atoms with Gasteiger partial charge in [-0.25, -0.2) is 4.98 Å². The molecule has 7 heteroatoms. The SMILES string of the molecule is CC(C)(Nc1ncccc1[N+](=O)[O-])C(C)(C)C(=O)O. The van der Waals surface area contributed by atoms with Gasteiger partial charge in [0.05, 0.1) is 10.3 Å². The van der Waals surface area contributed by atoms with Gasteiger partial charge < -0.3 is 10.4 Å². The van der Waals surface area contributed by atoms with Crippen LogP contribution in [0.4, 0.5) is 11.5 Å². The van der Waals surface area contributed by atoms with Crippen LogP contribution in [0.25, 0.3) is 0 Å². The number of carbonyl (C=O) groups is 1. The molecule has 2 N–H and O–H groups in total. The van der Waals surface area contributed by atoms with Gasteiger partial charge in [-0.15, -0.1) is 0 Å². The molecule has 0 aromatic carbocycles. The number of aliphatic carboxylic acids is 1. The van der Waals surface area contributed by atoms with Gasteiger partial charge in [-0.2, -0.15) is 0 Å². The fourth-order valence-corrected chi connectivity index (χ4v) is 1.36. The zero-order valence-electron chi connectivity index (χ0n) is 11.3. The van der Waals surface area contributed by atoms with Crippen LogP contribution >= 0.6 is 0 Å². The highest BCUT2D eigenvalue weighted by Gasteiger charge is 2.44. The molecule has 0 bridgehead atoms. The molecule has 0 aliphatic carbocycles.